The Balaban J connectivity index is 3.44. The van der Waals surface area contributed by atoms with Crippen LogP contribution in [0.25, 0.3) is 0 Å². The molecule has 1 aromatic carbocycles. The van der Waals surface area contributed by atoms with E-state index in [1.807, 2.05) is 0 Å². The molecule has 0 aliphatic rings. The zero-order valence-corrected chi connectivity index (χ0v) is 10.7. The van der Waals surface area contributed by atoms with Gasteiger partial charge in [0.05, 0.1) is 18.2 Å². The molecule has 0 bridgehead atoms. The minimum atomic E-state index is -3.06. The molecule has 0 radical (unpaired) electrons. The van der Waals surface area contributed by atoms with E-state index in [4.69, 9.17) is 10.5 Å². The normalized spacial score (nSPS) is 11.4. The molecule has 18 heavy (non-hydrogen) atoms. The Morgan fingerprint density at radius 1 is 1.44 bits per heavy atom. The fraction of sp³-hybridized carbons (Fsp3) is 0.462. The second-order valence-electron chi connectivity index (χ2n) is 4.19. The molecule has 0 heterocycles. The summed E-state index contributed by atoms with van der Waals surface area (Å²) in [6.07, 6.45) is 0.107. The Kier molecular flexibility index (Phi) is 4.40. The largest absolute Gasteiger partial charge is 0.495 e. The van der Waals surface area contributed by atoms with Crippen molar-refractivity contribution in [2.24, 2.45) is 5.73 Å². The zero-order valence-electron chi connectivity index (χ0n) is 10.7. The van der Waals surface area contributed by atoms with Crippen molar-refractivity contribution in [2.45, 2.75) is 26.2 Å². The van der Waals surface area contributed by atoms with Crippen LogP contribution in [0.15, 0.2) is 12.1 Å². The third kappa shape index (κ3) is 2.85. The third-order valence-corrected chi connectivity index (χ3v) is 2.69. The van der Waals surface area contributed by atoms with Crippen molar-refractivity contribution in [3.05, 3.63) is 28.8 Å². The Bertz CT molecular complexity index is 453. The van der Waals surface area contributed by atoms with E-state index in [9.17, 15) is 13.6 Å². The van der Waals surface area contributed by atoms with E-state index in [0.29, 0.717) is 5.56 Å². The lowest BCUT2D eigenvalue weighted by Gasteiger charge is -2.19. The third-order valence-electron chi connectivity index (χ3n) is 2.69. The van der Waals surface area contributed by atoms with Gasteiger partial charge in [-0.3, -0.25) is 4.79 Å². The number of methoxy groups -OCH3 is 1. The first-order valence-electron chi connectivity index (χ1n) is 5.62. The summed E-state index contributed by atoms with van der Waals surface area (Å²) < 4.78 is 31.9. The van der Waals surface area contributed by atoms with Crippen LogP contribution in [0.5, 0.6) is 5.75 Å². The lowest BCUT2D eigenvalue weighted by Crippen LogP contribution is -2.15. The topological polar surface area (TPSA) is 52.3 Å². The van der Waals surface area contributed by atoms with Crippen molar-refractivity contribution >= 4 is 5.78 Å². The van der Waals surface area contributed by atoms with E-state index in [1.165, 1.54) is 19.2 Å². The van der Waals surface area contributed by atoms with Crippen LogP contribution in [0.3, 0.4) is 0 Å². The zero-order chi connectivity index (χ0) is 13.9. The summed E-state index contributed by atoms with van der Waals surface area (Å²) in [6.45, 7) is 2.63. The van der Waals surface area contributed by atoms with E-state index in [0.717, 1.165) is 6.92 Å². The summed E-state index contributed by atoms with van der Waals surface area (Å²) in [5, 5.41) is 0. The van der Waals surface area contributed by atoms with Gasteiger partial charge in [-0.1, -0.05) is 6.07 Å². The van der Waals surface area contributed by atoms with Gasteiger partial charge >= 0.3 is 0 Å². The predicted octanol–water partition coefficient (Wildman–Crippen LogP) is 2.65. The van der Waals surface area contributed by atoms with E-state index in [1.54, 1.807) is 6.92 Å². The first-order valence-corrected chi connectivity index (χ1v) is 5.62. The molecule has 0 saturated carbocycles. The molecule has 5 heteroatoms. The van der Waals surface area contributed by atoms with Gasteiger partial charge in [-0.15, -0.1) is 0 Å². The molecule has 0 aliphatic carbocycles. The molecule has 0 aromatic heterocycles. The second kappa shape index (κ2) is 5.44. The number of carbonyl (C=O) groups excluding carboxylic acids is 1. The summed E-state index contributed by atoms with van der Waals surface area (Å²) in [5.74, 6) is -3.39. The Hall–Kier alpha value is -1.49. The maximum Gasteiger partial charge on any atom is 0.274 e. The van der Waals surface area contributed by atoms with Gasteiger partial charge in [0.1, 0.15) is 5.75 Å². The lowest BCUT2D eigenvalue weighted by molar-refractivity contribution is 0.0150. The molecule has 0 saturated heterocycles. The number of hydrogen-bond acceptors (Lipinski definition) is 3. The highest BCUT2D eigenvalue weighted by atomic mass is 19.3. The number of hydrogen-bond donors (Lipinski definition) is 1. The number of nitrogens with two attached hydrogens (primary N) is 1. The maximum atomic E-state index is 13.4. The van der Waals surface area contributed by atoms with Gasteiger partial charge in [-0.25, -0.2) is 8.78 Å². The minimum Gasteiger partial charge on any atom is -0.495 e. The monoisotopic (exact) mass is 257 g/mol. The van der Waals surface area contributed by atoms with Gasteiger partial charge in [0, 0.05) is 13.3 Å². The summed E-state index contributed by atoms with van der Waals surface area (Å²) in [4.78, 5) is 11.9. The number of Topliss-reactive ketones (excluding diaryl/α,β-unsaturated/α-hetero) is 1. The maximum absolute atomic E-state index is 13.4. The highest BCUT2D eigenvalue weighted by Crippen LogP contribution is 2.38. The number of benzene rings is 1. The van der Waals surface area contributed by atoms with Crippen LogP contribution in [0.2, 0.25) is 0 Å². The molecule has 1 aromatic rings. The van der Waals surface area contributed by atoms with Crippen LogP contribution in [0.4, 0.5) is 8.78 Å². The van der Waals surface area contributed by atoms with Crippen LogP contribution < -0.4 is 10.5 Å². The van der Waals surface area contributed by atoms with Gasteiger partial charge in [0.2, 0.25) is 0 Å². The molecule has 1 rings (SSSR count). The molecular weight excluding hydrogens is 240 g/mol. The van der Waals surface area contributed by atoms with Crippen molar-refractivity contribution in [1.82, 2.24) is 0 Å². The summed E-state index contributed by atoms with van der Waals surface area (Å²) in [7, 11) is 1.28. The molecule has 0 unspecified atom stereocenters. The molecule has 0 fully saturated rings. The van der Waals surface area contributed by atoms with Gasteiger partial charge in [0.15, 0.2) is 5.78 Å². The summed E-state index contributed by atoms with van der Waals surface area (Å²) in [6, 6.07) is 2.78. The van der Waals surface area contributed by atoms with Crippen molar-refractivity contribution in [3.8, 4) is 5.75 Å². The highest BCUT2D eigenvalue weighted by molar-refractivity contribution is 6.00. The SMILES string of the molecule is COc1c(C(C)(F)F)ccc(C)c1C(=O)CCN. The smallest absolute Gasteiger partial charge is 0.274 e. The fourth-order valence-electron chi connectivity index (χ4n) is 1.84. The van der Waals surface area contributed by atoms with E-state index in [-0.39, 0.29) is 35.6 Å². The molecule has 0 aliphatic heterocycles. The number of ether oxygens (including phenoxy) is 1. The quantitative estimate of drug-likeness (QED) is 0.825. The molecule has 3 nitrogen and oxygen atoms in total. The molecule has 100 valence electrons. The second-order valence-corrected chi connectivity index (χ2v) is 4.19. The fourth-order valence-corrected chi connectivity index (χ4v) is 1.84. The highest BCUT2D eigenvalue weighted by Gasteiger charge is 2.31. The Morgan fingerprint density at radius 3 is 2.50 bits per heavy atom. The predicted molar refractivity (Wildman–Crippen MR) is 65.3 cm³/mol. The first kappa shape index (κ1) is 14.6. The average Bonchev–Trinajstić information content (AvgIpc) is 2.26. The number of rotatable bonds is 5. The Morgan fingerprint density at radius 2 is 2.06 bits per heavy atom. The number of carbonyl (C=O) groups is 1. The van der Waals surface area contributed by atoms with Crippen LogP contribution in [-0.4, -0.2) is 19.4 Å². The van der Waals surface area contributed by atoms with Crippen molar-refractivity contribution in [3.63, 3.8) is 0 Å². The number of ketones is 1. The van der Waals surface area contributed by atoms with Crippen molar-refractivity contribution < 1.29 is 18.3 Å². The van der Waals surface area contributed by atoms with E-state index >= 15 is 0 Å². The van der Waals surface area contributed by atoms with Crippen molar-refractivity contribution in [2.75, 3.05) is 13.7 Å². The summed E-state index contributed by atoms with van der Waals surface area (Å²) in [5.41, 5.74) is 5.85. The molecule has 0 amide bonds. The Labute approximate surface area is 105 Å². The van der Waals surface area contributed by atoms with E-state index < -0.39 is 5.92 Å². The summed E-state index contributed by atoms with van der Waals surface area (Å²) >= 11 is 0. The molecular formula is C13H17F2NO2. The van der Waals surface area contributed by atoms with Gasteiger partial charge < -0.3 is 10.5 Å². The van der Waals surface area contributed by atoms with Crippen molar-refractivity contribution in [1.29, 1.82) is 0 Å². The molecule has 2 N–H and O–H groups in total. The average molecular weight is 257 g/mol. The number of halogens is 2. The number of aryl methyl sites for hydroxylation is 1. The van der Waals surface area contributed by atoms with Crippen LogP contribution in [-0.2, 0) is 5.92 Å². The standard InChI is InChI=1S/C13H17F2NO2/c1-8-4-5-9(13(2,14)15)12(18-3)11(8)10(17)6-7-16/h4-5H,6-7,16H2,1-3H3. The van der Waals surface area contributed by atoms with Gasteiger partial charge in [-0.05, 0) is 25.1 Å². The van der Waals surface area contributed by atoms with Crippen LogP contribution in [0.1, 0.15) is 34.8 Å². The first-order chi connectivity index (χ1) is 8.32. The molecule has 0 spiro atoms. The minimum absolute atomic E-state index is 0.0547. The van der Waals surface area contributed by atoms with Crippen LogP contribution >= 0.6 is 0 Å². The van der Waals surface area contributed by atoms with E-state index in [2.05, 4.69) is 0 Å². The van der Waals surface area contributed by atoms with Crippen LogP contribution in [0, 0.1) is 6.92 Å². The number of alkyl halides is 2. The van der Waals surface area contributed by atoms with Gasteiger partial charge in [0.25, 0.3) is 5.92 Å². The lowest BCUT2D eigenvalue weighted by atomic mass is 9.95. The van der Waals surface area contributed by atoms with Gasteiger partial charge in [-0.2, -0.15) is 0 Å². The molecule has 0 atom stereocenters.